The number of benzene rings is 1. The normalized spacial score (nSPS) is 10.0. The molecule has 5 nitrogen and oxygen atoms in total. The van der Waals surface area contributed by atoms with E-state index in [2.05, 4.69) is 5.32 Å². The lowest BCUT2D eigenvalue weighted by atomic mass is 10.2. The average Bonchev–Trinajstić information content (AvgIpc) is 2.39. The monoisotopic (exact) mass is 266 g/mol. The molecule has 3 N–H and O–H groups in total. The van der Waals surface area contributed by atoms with Crippen molar-refractivity contribution in [1.29, 1.82) is 0 Å². The fraction of sp³-hybridized carbons (Fsp3) is 0.500. The van der Waals surface area contributed by atoms with E-state index in [-0.39, 0.29) is 5.97 Å². The summed E-state index contributed by atoms with van der Waals surface area (Å²) in [6.07, 6.45) is 1.11. The fourth-order valence-electron chi connectivity index (χ4n) is 1.67. The van der Waals surface area contributed by atoms with E-state index in [4.69, 9.17) is 15.2 Å². The van der Waals surface area contributed by atoms with E-state index < -0.39 is 0 Å². The van der Waals surface area contributed by atoms with Gasteiger partial charge in [-0.1, -0.05) is 6.07 Å². The van der Waals surface area contributed by atoms with Crippen LogP contribution in [0.1, 0.15) is 26.7 Å². The van der Waals surface area contributed by atoms with Gasteiger partial charge in [-0.05, 0) is 32.4 Å². The van der Waals surface area contributed by atoms with Crippen molar-refractivity contribution in [3.8, 4) is 5.75 Å². The number of hydrogen-bond acceptors (Lipinski definition) is 5. The van der Waals surface area contributed by atoms with Crippen molar-refractivity contribution in [2.45, 2.75) is 26.7 Å². The predicted octanol–water partition coefficient (Wildman–Crippen LogP) is 2.42. The van der Waals surface area contributed by atoms with Crippen LogP contribution in [0.2, 0.25) is 0 Å². The first kappa shape index (κ1) is 15.1. The highest BCUT2D eigenvalue weighted by Gasteiger charge is 2.05. The Labute approximate surface area is 114 Å². The van der Waals surface area contributed by atoms with Gasteiger partial charge in [0.25, 0.3) is 0 Å². The molecular weight excluding hydrogens is 244 g/mol. The number of ether oxygens (including phenoxy) is 2. The molecule has 5 heteroatoms. The van der Waals surface area contributed by atoms with Gasteiger partial charge in [-0.15, -0.1) is 0 Å². The van der Waals surface area contributed by atoms with Crippen molar-refractivity contribution in [2.75, 3.05) is 30.8 Å². The highest BCUT2D eigenvalue weighted by molar-refractivity contribution is 5.73. The maximum atomic E-state index is 11.2. The van der Waals surface area contributed by atoms with Gasteiger partial charge in [0.1, 0.15) is 5.75 Å². The van der Waals surface area contributed by atoms with Gasteiger partial charge >= 0.3 is 5.97 Å². The Bertz CT molecular complexity index is 408. The molecule has 1 rings (SSSR count). The molecule has 0 aliphatic heterocycles. The smallest absolute Gasteiger partial charge is 0.305 e. The van der Waals surface area contributed by atoms with Crippen LogP contribution in [0.25, 0.3) is 0 Å². The SMILES string of the molecule is CCOC(=O)CCCNc1cccc(OCC)c1N. The highest BCUT2D eigenvalue weighted by Crippen LogP contribution is 2.29. The van der Waals surface area contributed by atoms with Crippen LogP contribution < -0.4 is 15.8 Å². The maximum Gasteiger partial charge on any atom is 0.305 e. The summed E-state index contributed by atoms with van der Waals surface area (Å²) in [4.78, 5) is 11.2. The Morgan fingerprint density at radius 1 is 1.32 bits per heavy atom. The molecule has 0 spiro atoms. The first-order valence-electron chi connectivity index (χ1n) is 6.59. The lowest BCUT2D eigenvalue weighted by molar-refractivity contribution is -0.143. The molecule has 0 unspecified atom stereocenters. The molecule has 0 bridgehead atoms. The van der Waals surface area contributed by atoms with E-state index >= 15 is 0 Å². The molecule has 0 saturated heterocycles. The van der Waals surface area contributed by atoms with Crippen molar-refractivity contribution in [3.05, 3.63) is 18.2 Å². The summed E-state index contributed by atoms with van der Waals surface area (Å²) in [5.41, 5.74) is 7.41. The molecule has 0 aliphatic carbocycles. The number of hydrogen-bond donors (Lipinski definition) is 2. The summed E-state index contributed by atoms with van der Waals surface area (Å²) in [6, 6.07) is 5.61. The molecule has 0 saturated carbocycles. The van der Waals surface area contributed by atoms with E-state index in [1.165, 1.54) is 0 Å². The van der Waals surface area contributed by atoms with Crippen molar-refractivity contribution in [2.24, 2.45) is 0 Å². The largest absolute Gasteiger partial charge is 0.492 e. The Morgan fingerprint density at radius 3 is 2.79 bits per heavy atom. The van der Waals surface area contributed by atoms with Crippen molar-refractivity contribution in [3.63, 3.8) is 0 Å². The topological polar surface area (TPSA) is 73.6 Å². The van der Waals surface area contributed by atoms with E-state index in [9.17, 15) is 4.79 Å². The minimum absolute atomic E-state index is 0.166. The van der Waals surface area contributed by atoms with Crippen LogP contribution in [-0.4, -0.2) is 25.7 Å². The molecule has 0 fully saturated rings. The Hall–Kier alpha value is -1.91. The molecular formula is C14H22N2O3. The number of nitrogens with one attached hydrogen (secondary N) is 1. The van der Waals surface area contributed by atoms with E-state index in [0.29, 0.717) is 44.0 Å². The molecule has 0 atom stereocenters. The van der Waals surface area contributed by atoms with Crippen molar-refractivity contribution in [1.82, 2.24) is 0 Å². The molecule has 0 aliphatic rings. The second kappa shape index (κ2) is 8.24. The van der Waals surface area contributed by atoms with Gasteiger partial charge < -0.3 is 20.5 Å². The van der Waals surface area contributed by atoms with E-state index in [1.807, 2.05) is 25.1 Å². The maximum absolute atomic E-state index is 11.2. The summed E-state index contributed by atoms with van der Waals surface area (Å²) in [5.74, 6) is 0.512. The lowest BCUT2D eigenvalue weighted by Crippen LogP contribution is -2.09. The molecule has 19 heavy (non-hydrogen) atoms. The molecule has 0 aromatic heterocycles. The quantitative estimate of drug-likeness (QED) is 0.429. The van der Waals surface area contributed by atoms with Crippen LogP contribution in [0.5, 0.6) is 5.75 Å². The zero-order valence-corrected chi connectivity index (χ0v) is 11.6. The van der Waals surface area contributed by atoms with Crippen molar-refractivity contribution < 1.29 is 14.3 Å². The fourth-order valence-corrected chi connectivity index (χ4v) is 1.67. The summed E-state index contributed by atoms with van der Waals surface area (Å²) < 4.78 is 10.3. The standard InChI is InChI=1S/C14H22N2O3/c1-3-18-12-8-5-7-11(14(12)15)16-10-6-9-13(17)19-4-2/h5,7-8,16H,3-4,6,9-10,15H2,1-2H3. The molecule has 106 valence electrons. The zero-order valence-electron chi connectivity index (χ0n) is 11.6. The van der Waals surface area contributed by atoms with Crippen LogP contribution in [0.3, 0.4) is 0 Å². The molecule has 1 aromatic rings. The van der Waals surface area contributed by atoms with Crippen LogP contribution in [0.4, 0.5) is 11.4 Å². The second-order valence-corrected chi connectivity index (χ2v) is 3.99. The van der Waals surface area contributed by atoms with Gasteiger partial charge in [-0.2, -0.15) is 0 Å². The number of esters is 1. The second-order valence-electron chi connectivity index (χ2n) is 3.99. The van der Waals surface area contributed by atoms with Gasteiger partial charge in [0.15, 0.2) is 0 Å². The third-order valence-electron chi connectivity index (χ3n) is 2.54. The van der Waals surface area contributed by atoms with E-state index in [0.717, 1.165) is 5.69 Å². The van der Waals surface area contributed by atoms with Crippen LogP contribution in [0.15, 0.2) is 18.2 Å². The third kappa shape index (κ3) is 5.07. The molecule has 1 aromatic carbocycles. The number of nitrogen functional groups attached to an aromatic ring is 1. The Kier molecular flexibility index (Phi) is 6.57. The number of nitrogens with two attached hydrogens (primary N) is 1. The number of anilines is 2. The molecule has 0 amide bonds. The van der Waals surface area contributed by atoms with Crippen molar-refractivity contribution >= 4 is 17.3 Å². The Balaban J connectivity index is 2.41. The van der Waals surface area contributed by atoms with Gasteiger partial charge in [0.2, 0.25) is 0 Å². The minimum atomic E-state index is -0.166. The van der Waals surface area contributed by atoms with Gasteiger partial charge in [-0.25, -0.2) is 0 Å². The Morgan fingerprint density at radius 2 is 2.11 bits per heavy atom. The third-order valence-corrected chi connectivity index (χ3v) is 2.54. The summed E-state index contributed by atoms with van der Waals surface area (Å²) >= 11 is 0. The number of carbonyl (C=O) groups excluding carboxylic acids is 1. The van der Waals surface area contributed by atoms with Gasteiger partial charge in [0, 0.05) is 13.0 Å². The molecule has 0 radical (unpaired) electrons. The summed E-state index contributed by atoms with van der Waals surface area (Å²) in [7, 11) is 0. The molecule has 0 heterocycles. The zero-order chi connectivity index (χ0) is 14.1. The predicted molar refractivity (Wildman–Crippen MR) is 76.4 cm³/mol. The lowest BCUT2D eigenvalue weighted by Gasteiger charge is -2.12. The highest BCUT2D eigenvalue weighted by atomic mass is 16.5. The van der Waals surface area contributed by atoms with Crippen LogP contribution in [-0.2, 0) is 9.53 Å². The van der Waals surface area contributed by atoms with Crippen LogP contribution in [0, 0.1) is 0 Å². The average molecular weight is 266 g/mol. The van der Waals surface area contributed by atoms with Gasteiger partial charge in [0.05, 0.1) is 24.6 Å². The minimum Gasteiger partial charge on any atom is -0.492 e. The van der Waals surface area contributed by atoms with Crippen LogP contribution >= 0.6 is 0 Å². The number of para-hydroxylation sites is 1. The summed E-state index contributed by atoms with van der Waals surface area (Å²) in [5, 5.41) is 3.20. The van der Waals surface area contributed by atoms with E-state index in [1.54, 1.807) is 6.92 Å². The first-order chi connectivity index (χ1) is 9.19. The van der Waals surface area contributed by atoms with Gasteiger partial charge in [-0.3, -0.25) is 4.79 Å². The number of rotatable bonds is 8. The summed E-state index contributed by atoms with van der Waals surface area (Å²) in [6.45, 7) is 5.39. The first-order valence-corrected chi connectivity index (χ1v) is 6.59. The number of carbonyl (C=O) groups is 1.